The van der Waals surface area contributed by atoms with Gasteiger partial charge in [0.1, 0.15) is 5.82 Å². The van der Waals surface area contributed by atoms with Crippen LogP contribution in [0.5, 0.6) is 0 Å². The summed E-state index contributed by atoms with van der Waals surface area (Å²) in [5.74, 6) is -0.533. The van der Waals surface area contributed by atoms with Gasteiger partial charge in [0, 0.05) is 11.0 Å². The molecule has 0 spiro atoms. The molecule has 0 aliphatic carbocycles. The van der Waals surface area contributed by atoms with E-state index in [0.29, 0.717) is 0 Å². The Morgan fingerprint density at radius 3 is 2.69 bits per heavy atom. The zero-order valence-electron chi connectivity index (χ0n) is 6.29. The standard InChI is InChI=1S/C8H4BrFO2S/c9-6-1-2-7-5(8(6)10)3-4-13(7,11)12/h1-4H. The van der Waals surface area contributed by atoms with Gasteiger partial charge in [-0.2, -0.15) is 0 Å². The molecule has 1 aliphatic rings. The maximum absolute atomic E-state index is 13.3. The first-order chi connectivity index (χ1) is 6.02. The van der Waals surface area contributed by atoms with Crippen molar-refractivity contribution in [3.8, 4) is 0 Å². The quantitative estimate of drug-likeness (QED) is 0.720. The largest absolute Gasteiger partial charge is 0.219 e. The van der Waals surface area contributed by atoms with Gasteiger partial charge in [-0.05, 0) is 34.1 Å². The van der Waals surface area contributed by atoms with Crippen LogP contribution in [0, 0.1) is 5.82 Å². The Morgan fingerprint density at radius 1 is 1.31 bits per heavy atom. The Kier molecular flexibility index (Phi) is 1.82. The molecule has 13 heavy (non-hydrogen) atoms. The molecule has 0 unspecified atom stereocenters. The lowest BCUT2D eigenvalue weighted by atomic mass is 10.2. The highest BCUT2D eigenvalue weighted by molar-refractivity contribution is 9.10. The highest BCUT2D eigenvalue weighted by atomic mass is 79.9. The summed E-state index contributed by atoms with van der Waals surface area (Å²) in [6.07, 6.45) is 1.27. The molecule has 0 atom stereocenters. The first kappa shape index (κ1) is 8.90. The number of fused-ring (bicyclic) bond motifs is 1. The number of sulfone groups is 1. The Morgan fingerprint density at radius 2 is 2.00 bits per heavy atom. The van der Waals surface area contributed by atoms with E-state index in [-0.39, 0.29) is 14.9 Å². The second-order valence-corrected chi connectivity index (χ2v) is 5.28. The van der Waals surface area contributed by atoms with Gasteiger partial charge < -0.3 is 0 Å². The van der Waals surface area contributed by atoms with E-state index < -0.39 is 15.7 Å². The van der Waals surface area contributed by atoms with Crippen molar-refractivity contribution in [2.24, 2.45) is 0 Å². The molecule has 1 aromatic rings. The van der Waals surface area contributed by atoms with Crippen molar-refractivity contribution >= 4 is 31.8 Å². The molecule has 0 radical (unpaired) electrons. The fourth-order valence-corrected chi connectivity index (χ4v) is 2.71. The highest BCUT2D eigenvalue weighted by Crippen LogP contribution is 2.32. The maximum atomic E-state index is 13.3. The normalized spacial score (nSPS) is 17.4. The third kappa shape index (κ3) is 1.23. The van der Waals surface area contributed by atoms with Gasteiger partial charge in [0.25, 0.3) is 0 Å². The monoisotopic (exact) mass is 262 g/mol. The van der Waals surface area contributed by atoms with Gasteiger partial charge in [-0.25, -0.2) is 12.8 Å². The first-order valence-corrected chi connectivity index (χ1v) is 5.77. The van der Waals surface area contributed by atoms with Crippen LogP contribution in [0.1, 0.15) is 5.56 Å². The van der Waals surface area contributed by atoms with Gasteiger partial charge in [0.15, 0.2) is 0 Å². The van der Waals surface area contributed by atoms with Gasteiger partial charge in [-0.3, -0.25) is 0 Å². The van der Waals surface area contributed by atoms with Gasteiger partial charge >= 0.3 is 0 Å². The zero-order valence-corrected chi connectivity index (χ0v) is 8.69. The average Bonchev–Trinajstić information content (AvgIpc) is 2.35. The van der Waals surface area contributed by atoms with Gasteiger partial charge in [0.05, 0.1) is 9.37 Å². The number of hydrogen-bond acceptors (Lipinski definition) is 2. The topological polar surface area (TPSA) is 34.1 Å². The minimum atomic E-state index is -3.39. The second-order valence-electron chi connectivity index (χ2n) is 2.62. The van der Waals surface area contributed by atoms with Crippen molar-refractivity contribution in [1.82, 2.24) is 0 Å². The van der Waals surface area contributed by atoms with Crippen LogP contribution < -0.4 is 0 Å². The van der Waals surface area contributed by atoms with Crippen molar-refractivity contribution in [1.29, 1.82) is 0 Å². The van der Waals surface area contributed by atoms with Crippen LogP contribution in [0.4, 0.5) is 4.39 Å². The molecule has 0 saturated heterocycles. The van der Waals surface area contributed by atoms with Crippen molar-refractivity contribution in [2.45, 2.75) is 4.90 Å². The minimum Gasteiger partial charge on any atom is -0.219 e. The molecule has 0 saturated carbocycles. The Labute approximate surface area is 83.1 Å². The highest BCUT2D eigenvalue weighted by Gasteiger charge is 2.24. The van der Waals surface area contributed by atoms with E-state index in [2.05, 4.69) is 15.9 Å². The van der Waals surface area contributed by atoms with E-state index in [9.17, 15) is 12.8 Å². The summed E-state index contributed by atoms with van der Waals surface area (Å²) in [6, 6.07) is 2.77. The first-order valence-electron chi connectivity index (χ1n) is 3.43. The van der Waals surface area contributed by atoms with Crippen molar-refractivity contribution < 1.29 is 12.8 Å². The van der Waals surface area contributed by atoms with Crippen molar-refractivity contribution in [2.75, 3.05) is 0 Å². The fraction of sp³-hybridized carbons (Fsp3) is 0. The summed E-state index contributed by atoms with van der Waals surface area (Å²) in [6.45, 7) is 0. The molecular formula is C8H4BrFO2S. The molecule has 0 bridgehead atoms. The summed E-state index contributed by atoms with van der Waals surface area (Å²) in [7, 11) is -3.39. The Balaban J connectivity index is 2.86. The summed E-state index contributed by atoms with van der Waals surface area (Å²) < 4.78 is 36.1. The lowest BCUT2D eigenvalue weighted by Crippen LogP contribution is -1.95. The van der Waals surface area contributed by atoms with E-state index in [0.717, 1.165) is 5.41 Å². The lowest BCUT2D eigenvalue weighted by Gasteiger charge is -2.00. The number of halogens is 2. The molecule has 1 heterocycles. The SMILES string of the molecule is O=S1(=O)C=Cc2c1ccc(Br)c2F. The van der Waals surface area contributed by atoms with E-state index in [1.165, 1.54) is 18.2 Å². The van der Waals surface area contributed by atoms with Crippen LogP contribution >= 0.6 is 15.9 Å². The van der Waals surface area contributed by atoms with Crippen molar-refractivity contribution in [3.63, 3.8) is 0 Å². The van der Waals surface area contributed by atoms with E-state index in [4.69, 9.17) is 0 Å². The molecule has 0 N–H and O–H groups in total. The molecular weight excluding hydrogens is 259 g/mol. The predicted molar refractivity (Wildman–Crippen MR) is 50.3 cm³/mol. The second kappa shape index (κ2) is 2.65. The smallest absolute Gasteiger partial charge is 0.200 e. The molecule has 0 amide bonds. The molecule has 68 valence electrons. The maximum Gasteiger partial charge on any atom is 0.200 e. The molecule has 2 rings (SSSR count). The van der Waals surface area contributed by atoms with E-state index >= 15 is 0 Å². The molecule has 0 aromatic heterocycles. The predicted octanol–water partition coefficient (Wildman–Crippen LogP) is 2.35. The third-order valence-electron chi connectivity index (χ3n) is 1.81. The molecule has 0 fully saturated rings. The van der Waals surface area contributed by atoms with Crippen LogP contribution in [0.3, 0.4) is 0 Å². The van der Waals surface area contributed by atoms with Crippen LogP contribution in [-0.4, -0.2) is 8.42 Å². The average molecular weight is 263 g/mol. The Bertz CT molecular complexity index is 505. The van der Waals surface area contributed by atoms with Gasteiger partial charge in [0.2, 0.25) is 9.84 Å². The number of rotatable bonds is 0. The number of hydrogen-bond donors (Lipinski definition) is 0. The summed E-state index contributed by atoms with van der Waals surface area (Å²) >= 11 is 2.98. The van der Waals surface area contributed by atoms with Crippen LogP contribution in [0.15, 0.2) is 26.9 Å². The summed E-state index contributed by atoms with van der Waals surface area (Å²) in [5, 5.41) is 1.01. The third-order valence-corrected chi connectivity index (χ3v) is 3.89. The summed E-state index contributed by atoms with van der Waals surface area (Å²) in [4.78, 5) is 0.0354. The summed E-state index contributed by atoms with van der Waals surface area (Å²) in [5.41, 5.74) is 0.134. The van der Waals surface area contributed by atoms with Crippen molar-refractivity contribution in [3.05, 3.63) is 33.4 Å². The Hall–Kier alpha value is -0.680. The molecule has 1 aromatic carbocycles. The fourth-order valence-electron chi connectivity index (χ4n) is 1.18. The minimum absolute atomic E-state index is 0.0354. The lowest BCUT2D eigenvalue weighted by molar-refractivity contribution is 0.597. The molecule has 5 heteroatoms. The molecule has 1 aliphatic heterocycles. The van der Waals surface area contributed by atoms with Crippen LogP contribution in [-0.2, 0) is 9.84 Å². The van der Waals surface area contributed by atoms with E-state index in [1.807, 2.05) is 0 Å². The van der Waals surface area contributed by atoms with Crippen LogP contribution in [0.25, 0.3) is 6.08 Å². The van der Waals surface area contributed by atoms with Gasteiger partial charge in [-0.1, -0.05) is 0 Å². The number of benzene rings is 1. The zero-order chi connectivity index (χ0) is 9.64. The van der Waals surface area contributed by atoms with Gasteiger partial charge in [-0.15, -0.1) is 0 Å². The van der Waals surface area contributed by atoms with Crippen LogP contribution in [0.2, 0.25) is 0 Å². The molecule has 2 nitrogen and oxygen atoms in total. The van der Waals surface area contributed by atoms with E-state index in [1.54, 1.807) is 0 Å².